The Morgan fingerprint density at radius 3 is 2.14 bits per heavy atom. The normalized spacial score (nSPS) is 11.5. The van der Waals surface area contributed by atoms with E-state index in [9.17, 15) is 14.8 Å². The number of phenols is 2. The predicted octanol–water partition coefficient (Wildman–Crippen LogP) is 4.22. The number of aromatic hydroxyl groups is 2. The number of hydrogen-bond acceptors (Lipinski definition) is 6. The van der Waals surface area contributed by atoms with Crippen molar-refractivity contribution in [1.29, 1.82) is 0 Å². The molecule has 1 aromatic rings. The van der Waals surface area contributed by atoms with Crippen molar-refractivity contribution in [3.05, 3.63) is 18.2 Å². The van der Waals surface area contributed by atoms with E-state index in [1.807, 2.05) is 13.8 Å². The third kappa shape index (κ3) is 6.38. The van der Waals surface area contributed by atoms with E-state index >= 15 is 0 Å². The summed E-state index contributed by atoms with van der Waals surface area (Å²) in [5.74, 6) is -0.492. The SMILES string of the molecule is CCCCOP(=O)(OCCCC)Oc1cc(O)ccc1O. The monoisotopic (exact) mass is 318 g/mol. The summed E-state index contributed by atoms with van der Waals surface area (Å²) in [6.45, 7) is 4.43. The summed E-state index contributed by atoms with van der Waals surface area (Å²) in [6.07, 6.45) is 3.20. The van der Waals surface area contributed by atoms with Crippen LogP contribution in [0.15, 0.2) is 18.2 Å². The predicted molar refractivity (Wildman–Crippen MR) is 79.7 cm³/mol. The van der Waals surface area contributed by atoms with Crippen LogP contribution in [0, 0.1) is 0 Å². The fourth-order valence-electron chi connectivity index (χ4n) is 1.43. The van der Waals surface area contributed by atoms with Gasteiger partial charge in [0.2, 0.25) is 0 Å². The molecule has 0 aliphatic carbocycles. The molecule has 21 heavy (non-hydrogen) atoms. The van der Waals surface area contributed by atoms with Crippen LogP contribution in [0.4, 0.5) is 0 Å². The Morgan fingerprint density at radius 1 is 1.05 bits per heavy atom. The van der Waals surface area contributed by atoms with E-state index in [2.05, 4.69) is 0 Å². The van der Waals surface area contributed by atoms with Gasteiger partial charge < -0.3 is 14.7 Å². The summed E-state index contributed by atoms with van der Waals surface area (Å²) in [7, 11) is -3.82. The fourth-order valence-corrected chi connectivity index (χ4v) is 2.70. The molecule has 0 aliphatic rings. The van der Waals surface area contributed by atoms with Crippen LogP contribution in [-0.2, 0) is 13.6 Å². The maximum Gasteiger partial charge on any atom is 0.530 e. The zero-order valence-electron chi connectivity index (χ0n) is 12.4. The second-order valence-electron chi connectivity index (χ2n) is 4.56. The zero-order valence-corrected chi connectivity index (χ0v) is 13.3. The minimum atomic E-state index is -3.82. The molecule has 0 spiro atoms. The first kappa shape index (κ1) is 17.8. The average Bonchev–Trinajstić information content (AvgIpc) is 2.43. The molecule has 0 aromatic heterocycles. The molecule has 2 N–H and O–H groups in total. The highest BCUT2D eigenvalue weighted by atomic mass is 31.2. The molecule has 0 fully saturated rings. The molecular formula is C14H23O6P. The number of unbranched alkanes of at least 4 members (excludes halogenated alkanes) is 2. The second kappa shape index (κ2) is 8.93. The quantitative estimate of drug-likeness (QED) is 0.382. The van der Waals surface area contributed by atoms with Gasteiger partial charge in [-0.2, -0.15) is 0 Å². The lowest BCUT2D eigenvalue weighted by Crippen LogP contribution is -2.05. The Morgan fingerprint density at radius 2 is 1.62 bits per heavy atom. The van der Waals surface area contributed by atoms with E-state index in [1.54, 1.807) is 0 Å². The Bertz CT molecular complexity index is 463. The third-order valence-electron chi connectivity index (χ3n) is 2.65. The molecule has 0 aliphatic heterocycles. The highest BCUT2D eigenvalue weighted by molar-refractivity contribution is 7.48. The molecule has 0 radical (unpaired) electrons. The van der Waals surface area contributed by atoms with Crippen molar-refractivity contribution in [2.24, 2.45) is 0 Å². The lowest BCUT2D eigenvalue weighted by molar-refractivity contribution is 0.151. The number of phenolic OH excluding ortho intramolecular Hbond substituents is 2. The van der Waals surface area contributed by atoms with Crippen molar-refractivity contribution >= 4 is 7.82 Å². The van der Waals surface area contributed by atoms with Crippen molar-refractivity contribution in [3.8, 4) is 17.2 Å². The van der Waals surface area contributed by atoms with E-state index in [-0.39, 0.29) is 30.5 Å². The van der Waals surface area contributed by atoms with Crippen molar-refractivity contribution in [1.82, 2.24) is 0 Å². The van der Waals surface area contributed by atoms with Crippen LogP contribution in [-0.4, -0.2) is 23.4 Å². The summed E-state index contributed by atoms with van der Waals surface area (Å²) in [6, 6.07) is 3.70. The first-order valence-electron chi connectivity index (χ1n) is 7.11. The molecule has 0 saturated carbocycles. The highest BCUT2D eigenvalue weighted by Crippen LogP contribution is 2.52. The molecule has 0 bridgehead atoms. The third-order valence-corrected chi connectivity index (χ3v) is 4.07. The van der Waals surface area contributed by atoms with Crippen LogP contribution < -0.4 is 4.52 Å². The standard InChI is InChI=1S/C14H23O6P/c1-3-5-9-18-21(17,19-10-6-4-2)20-14-11-12(15)7-8-13(14)16/h7-8,11,15-16H,3-6,9-10H2,1-2H3. The number of hydrogen-bond donors (Lipinski definition) is 2. The minimum absolute atomic E-state index is 0.114. The lowest BCUT2D eigenvalue weighted by atomic mass is 10.3. The maximum absolute atomic E-state index is 12.5. The second-order valence-corrected chi connectivity index (χ2v) is 6.16. The van der Waals surface area contributed by atoms with Gasteiger partial charge in [0, 0.05) is 6.07 Å². The van der Waals surface area contributed by atoms with Gasteiger partial charge in [-0.3, -0.25) is 9.05 Å². The summed E-state index contributed by atoms with van der Waals surface area (Å²) in [5, 5.41) is 19.1. The largest absolute Gasteiger partial charge is 0.530 e. The molecule has 6 nitrogen and oxygen atoms in total. The minimum Gasteiger partial charge on any atom is -0.508 e. The lowest BCUT2D eigenvalue weighted by Gasteiger charge is -2.19. The summed E-state index contributed by atoms with van der Waals surface area (Å²) in [4.78, 5) is 0. The number of benzene rings is 1. The Balaban J connectivity index is 2.79. The van der Waals surface area contributed by atoms with Gasteiger partial charge in [-0.25, -0.2) is 4.57 Å². The van der Waals surface area contributed by atoms with Gasteiger partial charge in [-0.1, -0.05) is 26.7 Å². The molecule has 1 rings (SSSR count). The van der Waals surface area contributed by atoms with Gasteiger partial charge in [0.05, 0.1) is 13.2 Å². The van der Waals surface area contributed by atoms with Crippen molar-refractivity contribution in [3.63, 3.8) is 0 Å². The van der Waals surface area contributed by atoms with Gasteiger partial charge in [0.1, 0.15) is 5.75 Å². The average molecular weight is 318 g/mol. The Labute approximate surface area is 125 Å². The van der Waals surface area contributed by atoms with Crippen molar-refractivity contribution < 1.29 is 28.3 Å². The molecule has 0 amide bonds. The van der Waals surface area contributed by atoms with Gasteiger partial charge in [0.25, 0.3) is 0 Å². The highest BCUT2D eigenvalue weighted by Gasteiger charge is 2.29. The molecular weight excluding hydrogens is 295 g/mol. The fraction of sp³-hybridized carbons (Fsp3) is 0.571. The van der Waals surface area contributed by atoms with E-state index in [0.29, 0.717) is 0 Å². The van der Waals surface area contributed by atoms with Crippen LogP contribution in [0.5, 0.6) is 17.2 Å². The van der Waals surface area contributed by atoms with Crippen LogP contribution in [0.25, 0.3) is 0 Å². The molecule has 0 heterocycles. The number of rotatable bonds is 10. The van der Waals surface area contributed by atoms with E-state index in [0.717, 1.165) is 31.7 Å². The Hall–Kier alpha value is -1.23. The van der Waals surface area contributed by atoms with Crippen molar-refractivity contribution in [2.45, 2.75) is 39.5 Å². The smallest absolute Gasteiger partial charge is 0.508 e. The van der Waals surface area contributed by atoms with Crippen LogP contribution in [0.3, 0.4) is 0 Å². The topological polar surface area (TPSA) is 85.2 Å². The molecule has 7 heteroatoms. The summed E-state index contributed by atoms with van der Waals surface area (Å²) < 4.78 is 28.2. The van der Waals surface area contributed by atoms with E-state index < -0.39 is 7.82 Å². The summed E-state index contributed by atoms with van der Waals surface area (Å²) in [5.41, 5.74) is 0. The van der Waals surface area contributed by atoms with Gasteiger partial charge >= 0.3 is 7.82 Å². The molecule has 0 saturated heterocycles. The first-order valence-corrected chi connectivity index (χ1v) is 8.57. The van der Waals surface area contributed by atoms with E-state index in [1.165, 1.54) is 12.1 Å². The molecule has 0 atom stereocenters. The first-order chi connectivity index (χ1) is 10.0. The van der Waals surface area contributed by atoms with Gasteiger partial charge in [-0.15, -0.1) is 0 Å². The van der Waals surface area contributed by atoms with Crippen molar-refractivity contribution in [2.75, 3.05) is 13.2 Å². The van der Waals surface area contributed by atoms with Crippen LogP contribution >= 0.6 is 7.82 Å². The number of phosphoric ester groups is 1. The van der Waals surface area contributed by atoms with Gasteiger partial charge in [0.15, 0.2) is 11.5 Å². The molecule has 0 unspecified atom stereocenters. The van der Waals surface area contributed by atoms with Crippen LogP contribution in [0.1, 0.15) is 39.5 Å². The maximum atomic E-state index is 12.5. The summed E-state index contributed by atoms with van der Waals surface area (Å²) >= 11 is 0. The van der Waals surface area contributed by atoms with E-state index in [4.69, 9.17) is 13.6 Å². The number of phosphoric acid groups is 1. The van der Waals surface area contributed by atoms with Gasteiger partial charge in [-0.05, 0) is 25.0 Å². The Kier molecular flexibility index (Phi) is 7.57. The zero-order chi connectivity index (χ0) is 15.7. The molecule has 120 valence electrons. The molecule has 1 aromatic carbocycles. The van der Waals surface area contributed by atoms with Crippen LogP contribution in [0.2, 0.25) is 0 Å².